The number of halogens is 1. The highest BCUT2D eigenvalue weighted by atomic mass is 35.5. The lowest BCUT2D eigenvalue weighted by molar-refractivity contribution is 0.354. The maximum absolute atomic E-state index is 5.33. The molecule has 0 unspecified atom stereocenters. The van der Waals surface area contributed by atoms with Crippen molar-refractivity contribution >= 4 is 12.4 Å². The zero-order chi connectivity index (χ0) is 15.9. The first-order valence-electron chi connectivity index (χ1n) is 7.62. The Morgan fingerprint density at radius 1 is 0.913 bits per heavy atom. The van der Waals surface area contributed by atoms with E-state index in [9.17, 15) is 0 Å². The molecule has 126 valence electrons. The molecule has 2 aromatic rings. The molecule has 1 N–H and O–H groups in total. The van der Waals surface area contributed by atoms with Gasteiger partial charge in [-0.15, -0.1) is 12.4 Å². The molecule has 0 aliphatic rings. The second kappa shape index (κ2) is 9.43. The molecule has 2 rings (SSSR count). The summed E-state index contributed by atoms with van der Waals surface area (Å²) in [7, 11) is 3.32. The van der Waals surface area contributed by atoms with Gasteiger partial charge >= 0.3 is 0 Å². The Morgan fingerprint density at radius 2 is 1.65 bits per heavy atom. The van der Waals surface area contributed by atoms with Crippen LogP contribution in [0.25, 0.3) is 0 Å². The molecule has 0 fully saturated rings. The van der Waals surface area contributed by atoms with E-state index in [0.29, 0.717) is 0 Å². The molecular weight excluding hydrogens is 310 g/mol. The van der Waals surface area contributed by atoms with E-state index in [4.69, 9.17) is 9.47 Å². The maximum atomic E-state index is 5.33. The van der Waals surface area contributed by atoms with Crippen LogP contribution >= 0.6 is 12.4 Å². The number of benzene rings is 2. The van der Waals surface area contributed by atoms with Gasteiger partial charge in [0.2, 0.25) is 0 Å². The Kier molecular flexibility index (Phi) is 7.93. The Labute approximate surface area is 145 Å². The van der Waals surface area contributed by atoms with Gasteiger partial charge in [0.1, 0.15) is 0 Å². The zero-order valence-electron chi connectivity index (χ0n) is 14.3. The van der Waals surface area contributed by atoms with Crippen LogP contribution in [0.4, 0.5) is 0 Å². The molecule has 0 spiro atoms. The second-order valence-corrected chi connectivity index (χ2v) is 5.55. The zero-order valence-corrected chi connectivity index (χ0v) is 15.1. The number of hydrogen-bond acceptors (Lipinski definition) is 3. The molecule has 0 saturated heterocycles. The number of rotatable bonds is 7. The summed E-state index contributed by atoms with van der Waals surface area (Å²) in [5, 5.41) is 3.50. The smallest absolute Gasteiger partial charge is 0.160 e. The summed E-state index contributed by atoms with van der Waals surface area (Å²) in [5.74, 6) is 1.56. The summed E-state index contributed by atoms with van der Waals surface area (Å²) in [6.45, 7) is 6.13. The van der Waals surface area contributed by atoms with E-state index in [1.54, 1.807) is 14.2 Å². The average Bonchev–Trinajstić information content (AvgIpc) is 2.53. The Balaban J connectivity index is 0.00000264. The van der Waals surface area contributed by atoms with Gasteiger partial charge in [-0.25, -0.2) is 0 Å². The minimum absolute atomic E-state index is 0. The van der Waals surface area contributed by atoms with Crippen molar-refractivity contribution in [2.24, 2.45) is 0 Å². The van der Waals surface area contributed by atoms with Crippen molar-refractivity contribution in [2.75, 3.05) is 20.8 Å². The van der Waals surface area contributed by atoms with Crippen molar-refractivity contribution in [1.82, 2.24) is 5.32 Å². The molecule has 0 aliphatic heterocycles. The van der Waals surface area contributed by atoms with Gasteiger partial charge in [-0.2, -0.15) is 0 Å². The fourth-order valence-corrected chi connectivity index (χ4v) is 2.54. The number of aryl methyl sites for hydroxylation is 2. The van der Waals surface area contributed by atoms with Crippen LogP contribution in [0.5, 0.6) is 11.5 Å². The molecule has 0 heterocycles. The molecule has 2 aromatic carbocycles. The van der Waals surface area contributed by atoms with Gasteiger partial charge < -0.3 is 14.8 Å². The lowest BCUT2D eigenvalue weighted by Gasteiger charge is -2.11. The molecule has 4 heteroatoms. The van der Waals surface area contributed by atoms with Crippen LogP contribution < -0.4 is 14.8 Å². The van der Waals surface area contributed by atoms with Crippen LogP contribution in [-0.4, -0.2) is 20.8 Å². The van der Waals surface area contributed by atoms with Crippen LogP contribution in [0, 0.1) is 13.8 Å². The van der Waals surface area contributed by atoms with Gasteiger partial charge in [0.05, 0.1) is 14.2 Å². The van der Waals surface area contributed by atoms with E-state index in [1.165, 1.54) is 22.3 Å². The van der Waals surface area contributed by atoms with Crippen LogP contribution in [0.2, 0.25) is 0 Å². The number of nitrogens with one attached hydrogen (secondary N) is 1. The highest BCUT2D eigenvalue weighted by Crippen LogP contribution is 2.27. The van der Waals surface area contributed by atoms with Crippen molar-refractivity contribution in [1.29, 1.82) is 0 Å². The topological polar surface area (TPSA) is 30.5 Å². The van der Waals surface area contributed by atoms with Gasteiger partial charge in [0.15, 0.2) is 11.5 Å². The third-order valence-corrected chi connectivity index (χ3v) is 3.85. The van der Waals surface area contributed by atoms with E-state index >= 15 is 0 Å². The summed E-state index contributed by atoms with van der Waals surface area (Å²) >= 11 is 0. The predicted molar refractivity (Wildman–Crippen MR) is 98.1 cm³/mol. The lowest BCUT2D eigenvalue weighted by atomic mass is 10.1. The van der Waals surface area contributed by atoms with Crippen molar-refractivity contribution < 1.29 is 9.47 Å². The minimum atomic E-state index is 0. The lowest BCUT2D eigenvalue weighted by Crippen LogP contribution is -2.17. The van der Waals surface area contributed by atoms with Crippen LogP contribution in [0.1, 0.15) is 22.3 Å². The van der Waals surface area contributed by atoms with E-state index in [0.717, 1.165) is 31.0 Å². The van der Waals surface area contributed by atoms with Crippen molar-refractivity contribution in [2.45, 2.75) is 26.8 Å². The molecule has 0 aliphatic carbocycles. The molecule has 0 amide bonds. The maximum Gasteiger partial charge on any atom is 0.160 e. The fraction of sp³-hybridized carbons (Fsp3) is 0.368. The first kappa shape index (κ1) is 19.3. The fourth-order valence-electron chi connectivity index (χ4n) is 2.54. The summed E-state index contributed by atoms with van der Waals surface area (Å²) < 4.78 is 10.6. The molecule has 0 radical (unpaired) electrons. The van der Waals surface area contributed by atoms with E-state index in [1.807, 2.05) is 12.1 Å². The third-order valence-electron chi connectivity index (χ3n) is 3.85. The number of ether oxygens (including phenoxy) is 2. The summed E-state index contributed by atoms with van der Waals surface area (Å²) in [5.41, 5.74) is 5.26. The molecular formula is C19H26ClNO2. The van der Waals surface area contributed by atoms with E-state index < -0.39 is 0 Å². The predicted octanol–water partition coefficient (Wildman–Crippen LogP) is 4.07. The van der Waals surface area contributed by atoms with Crippen molar-refractivity contribution in [3.05, 3.63) is 58.7 Å². The standard InChI is InChI=1S/C19H25NO2.ClH/c1-14-5-7-17(15(2)11-14)13-20-10-9-16-6-8-18(21-3)19(12-16)22-4;/h5-8,11-12,20H,9-10,13H2,1-4H3;1H. The van der Waals surface area contributed by atoms with Crippen molar-refractivity contribution in [3.63, 3.8) is 0 Å². The monoisotopic (exact) mass is 335 g/mol. The Bertz CT molecular complexity index is 629. The highest BCUT2D eigenvalue weighted by molar-refractivity contribution is 5.85. The third kappa shape index (κ3) is 5.45. The van der Waals surface area contributed by atoms with Crippen molar-refractivity contribution in [3.8, 4) is 11.5 Å². The Hall–Kier alpha value is -1.71. The molecule has 3 nitrogen and oxygen atoms in total. The SMILES string of the molecule is COc1ccc(CCNCc2ccc(C)cc2C)cc1OC.Cl. The van der Waals surface area contributed by atoms with Gasteiger partial charge in [-0.1, -0.05) is 29.8 Å². The van der Waals surface area contributed by atoms with Crippen LogP contribution in [0.15, 0.2) is 36.4 Å². The first-order chi connectivity index (χ1) is 10.6. The van der Waals surface area contributed by atoms with Gasteiger partial charge in [0.25, 0.3) is 0 Å². The van der Waals surface area contributed by atoms with Gasteiger partial charge in [0, 0.05) is 6.54 Å². The number of hydrogen-bond donors (Lipinski definition) is 1. The summed E-state index contributed by atoms with van der Waals surface area (Å²) in [6.07, 6.45) is 0.964. The quantitative estimate of drug-likeness (QED) is 0.773. The second-order valence-electron chi connectivity index (χ2n) is 5.55. The molecule has 23 heavy (non-hydrogen) atoms. The molecule has 0 bridgehead atoms. The van der Waals surface area contributed by atoms with E-state index in [-0.39, 0.29) is 12.4 Å². The van der Waals surface area contributed by atoms with E-state index in [2.05, 4.69) is 43.4 Å². The molecule has 0 atom stereocenters. The van der Waals surface area contributed by atoms with Crippen LogP contribution in [-0.2, 0) is 13.0 Å². The van der Waals surface area contributed by atoms with Gasteiger partial charge in [-0.3, -0.25) is 0 Å². The average molecular weight is 336 g/mol. The summed E-state index contributed by atoms with van der Waals surface area (Å²) in [4.78, 5) is 0. The molecule has 0 saturated carbocycles. The normalized spacial score (nSPS) is 10.1. The van der Waals surface area contributed by atoms with Gasteiger partial charge in [-0.05, 0) is 55.6 Å². The molecule has 0 aromatic heterocycles. The summed E-state index contributed by atoms with van der Waals surface area (Å²) in [6, 6.07) is 12.7. The number of methoxy groups -OCH3 is 2. The van der Waals surface area contributed by atoms with Crippen LogP contribution in [0.3, 0.4) is 0 Å². The minimum Gasteiger partial charge on any atom is -0.493 e. The highest BCUT2D eigenvalue weighted by Gasteiger charge is 2.04. The first-order valence-corrected chi connectivity index (χ1v) is 7.62. The Morgan fingerprint density at radius 3 is 2.30 bits per heavy atom. The largest absolute Gasteiger partial charge is 0.493 e.